The van der Waals surface area contributed by atoms with Crippen LogP contribution in [-0.4, -0.2) is 38.4 Å². The minimum atomic E-state index is -0.0900. The Bertz CT molecular complexity index is 1060. The molecule has 0 unspecified atom stereocenters. The van der Waals surface area contributed by atoms with Gasteiger partial charge in [-0.25, -0.2) is 0 Å². The third kappa shape index (κ3) is 4.81. The minimum Gasteiger partial charge on any atom is -0.311 e. The summed E-state index contributed by atoms with van der Waals surface area (Å²) in [7, 11) is 0. The molecule has 29 heavy (non-hydrogen) atoms. The first kappa shape index (κ1) is 20.6. The standard InChI is InChI=1S/C21H22N6OS/c1-15-9-10-18(13-17(15)3)26(12-6-11-22)20(28)14-29-21-23-24-25-27(21)19-8-5-4-7-16(19)2/h4-5,7-10,13H,6,12,14H2,1-3H3. The molecule has 3 rings (SSSR count). The van der Waals surface area contributed by atoms with Crippen molar-refractivity contribution in [2.45, 2.75) is 32.3 Å². The maximum absolute atomic E-state index is 13.0. The van der Waals surface area contributed by atoms with Crippen LogP contribution in [0, 0.1) is 32.1 Å². The van der Waals surface area contributed by atoms with E-state index in [2.05, 4.69) is 21.6 Å². The van der Waals surface area contributed by atoms with Gasteiger partial charge in [-0.05, 0) is 66.1 Å². The van der Waals surface area contributed by atoms with Gasteiger partial charge in [-0.1, -0.05) is 36.0 Å². The summed E-state index contributed by atoms with van der Waals surface area (Å²) in [5, 5.41) is 21.4. The van der Waals surface area contributed by atoms with Gasteiger partial charge in [0.05, 0.1) is 23.9 Å². The largest absolute Gasteiger partial charge is 0.311 e. The second kappa shape index (κ2) is 9.34. The maximum atomic E-state index is 13.0. The molecule has 2 aromatic carbocycles. The van der Waals surface area contributed by atoms with Crippen molar-refractivity contribution in [2.24, 2.45) is 0 Å². The van der Waals surface area contributed by atoms with Crippen molar-refractivity contribution >= 4 is 23.4 Å². The van der Waals surface area contributed by atoms with E-state index in [-0.39, 0.29) is 18.1 Å². The zero-order valence-electron chi connectivity index (χ0n) is 16.7. The third-order valence-corrected chi connectivity index (χ3v) is 5.56. The Morgan fingerprint density at radius 1 is 1.14 bits per heavy atom. The number of carbonyl (C=O) groups is 1. The number of para-hydroxylation sites is 1. The normalized spacial score (nSPS) is 10.6. The second-order valence-electron chi connectivity index (χ2n) is 6.67. The molecule has 3 aromatic rings. The third-order valence-electron chi connectivity index (χ3n) is 4.66. The highest BCUT2D eigenvalue weighted by atomic mass is 32.2. The molecule has 0 aliphatic rings. The Morgan fingerprint density at radius 3 is 2.66 bits per heavy atom. The lowest BCUT2D eigenvalue weighted by atomic mass is 10.1. The molecule has 7 nitrogen and oxygen atoms in total. The van der Waals surface area contributed by atoms with Crippen LogP contribution in [0.15, 0.2) is 47.6 Å². The number of anilines is 1. The summed E-state index contributed by atoms with van der Waals surface area (Å²) >= 11 is 1.28. The summed E-state index contributed by atoms with van der Waals surface area (Å²) in [6.07, 6.45) is 0.268. The predicted molar refractivity (Wildman–Crippen MR) is 113 cm³/mol. The lowest BCUT2D eigenvalue weighted by molar-refractivity contribution is -0.116. The highest BCUT2D eigenvalue weighted by Crippen LogP contribution is 2.23. The summed E-state index contributed by atoms with van der Waals surface area (Å²) in [5.74, 6) is 0.0813. The Balaban J connectivity index is 1.78. The highest BCUT2D eigenvalue weighted by molar-refractivity contribution is 7.99. The predicted octanol–water partition coefficient (Wildman–Crippen LogP) is 3.63. The van der Waals surface area contributed by atoms with Crippen molar-refractivity contribution in [1.29, 1.82) is 5.26 Å². The van der Waals surface area contributed by atoms with Gasteiger partial charge in [0.1, 0.15) is 0 Å². The average molecular weight is 407 g/mol. The summed E-state index contributed by atoms with van der Waals surface area (Å²) in [6, 6.07) is 15.8. The number of rotatable bonds is 7. The van der Waals surface area contributed by atoms with Crippen molar-refractivity contribution in [3.63, 3.8) is 0 Å². The first-order chi connectivity index (χ1) is 14.0. The molecule has 0 aliphatic heterocycles. The second-order valence-corrected chi connectivity index (χ2v) is 7.61. The van der Waals surface area contributed by atoms with Crippen LogP contribution in [-0.2, 0) is 4.79 Å². The van der Waals surface area contributed by atoms with E-state index in [4.69, 9.17) is 5.26 Å². The Labute approximate surface area is 174 Å². The number of nitrogens with zero attached hydrogens (tertiary/aromatic N) is 6. The molecule has 1 aromatic heterocycles. The molecule has 0 atom stereocenters. The molecule has 0 aliphatic carbocycles. The van der Waals surface area contributed by atoms with Gasteiger partial charge in [0, 0.05) is 12.2 Å². The SMILES string of the molecule is Cc1ccc(N(CCC#N)C(=O)CSc2nnnn2-c2ccccc2C)cc1C. The van der Waals surface area contributed by atoms with Crippen LogP contribution in [0.25, 0.3) is 5.69 Å². The zero-order valence-corrected chi connectivity index (χ0v) is 17.5. The van der Waals surface area contributed by atoms with Gasteiger partial charge in [0.15, 0.2) is 0 Å². The summed E-state index contributed by atoms with van der Waals surface area (Å²) < 4.78 is 1.64. The van der Waals surface area contributed by atoms with Crippen LogP contribution in [0.2, 0.25) is 0 Å². The summed E-state index contributed by atoms with van der Waals surface area (Å²) in [5.41, 5.74) is 4.98. The van der Waals surface area contributed by atoms with Crippen molar-refractivity contribution in [3.8, 4) is 11.8 Å². The van der Waals surface area contributed by atoms with Crippen molar-refractivity contribution < 1.29 is 4.79 Å². The lowest BCUT2D eigenvalue weighted by Gasteiger charge is -2.22. The number of hydrogen-bond acceptors (Lipinski definition) is 6. The quantitative estimate of drug-likeness (QED) is 0.557. The molecule has 1 heterocycles. The van der Waals surface area contributed by atoms with E-state index in [9.17, 15) is 4.79 Å². The van der Waals surface area contributed by atoms with Gasteiger partial charge < -0.3 is 4.90 Å². The topological polar surface area (TPSA) is 87.7 Å². The van der Waals surface area contributed by atoms with Crippen LogP contribution in [0.5, 0.6) is 0 Å². The lowest BCUT2D eigenvalue weighted by Crippen LogP contribution is -2.33. The molecule has 0 saturated heterocycles. The van der Waals surface area contributed by atoms with Crippen LogP contribution >= 0.6 is 11.8 Å². The van der Waals surface area contributed by atoms with E-state index < -0.39 is 0 Å². The molecule has 0 N–H and O–H groups in total. The number of aryl methyl sites for hydroxylation is 3. The van der Waals surface area contributed by atoms with Gasteiger partial charge in [0.25, 0.3) is 0 Å². The Hall–Kier alpha value is -3.18. The Morgan fingerprint density at radius 2 is 1.93 bits per heavy atom. The first-order valence-electron chi connectivity index (χ1n) is 9.23. The number of aromatic nitrogens is 4. The van der Waals surface area contributed by atoms with E-state index in [0.717, 1.165) is 28.1 Å². The smallest absolute Gasteiger partial charge is 0.237 e. The molecular weight excluding hydrogens is 384 g/mol. The first-order valence-corrected chi connectivity index (χ1v) is 10.2. The van der Waals surface area contributed by atoms with E-state index in [1.165, 1.54) is 11.8 Å². The van der Waals surface area contributed by atoms with Crippen molar-refractivity contribution in [1.82, 2.24) is 20.2 Å². The molecule has 1 amide bonds. The molecule has 0 saturated carbocycles. The van der Waals surface area contributed by atoms with E-state index in [1.54, 1.807) is 9.58 Å². The molecule has 0 bridgehead atoms. The van der Waals surface area contributed by atoms with Gasteiger partial charge in [-0.2, -0.15) is 9.94 Å². The van der Waals surface area contributed by atoms with E-state index >= 15 is 0 Å². The fourth-order valence-electron chi connectivity index (χ4n) is 2.88. The van der Waals surface area contributed by atoms with Crippen LogP contribution < -0.4 is 4.90 Å². The monoisotopic (exact) mass is 406 g/mol. The average Bonchev–Trinajstić information content (AvgIpc) is 3.18. The minimum absolute atomic E-state index is 0.0900. The van der Waals surface area contributed by atoms with Gasteiger partial charge in [-0.15, -0.1) is 5.10 Å². The van der Waals surface area contributed by atoms with E-state index in [1.807, 2.05) is 63.2 Å². The molecule has 0 fully saturated rings. The van der Waals surface area contributed by atoms with Crippen LogP contribution in [0.3, 0.4) is 0 Å². The van der Waals surface area contributed by atoms with E-state index in [0.29, 0.717) is 11.7 Å². The zero-order chi connectivity index (χ0) is 20.8. The summed E-state index contributed by atoms with van der Waals surface area (Å²) in [4.78, 5) is 14.6. The number of amides is 1. The summed E-state index contributed by atoms with van der Waals surface area (Å²) in [6.45, 7) is 6.37. The fourth-order valence-corrected chi connectivity index (χ4v) is 3.64. The van der Waals surface area contributed by atoms with Crippen LogP contribution in [0.4, 0.5) is 5.69 Å². The van der Waals surface area contributed by atoms with Gasteiger partial charge in [0.2, 0.25) is 11.1 Å². The highest BCUT2D eigenvalue weighted by Gasteiger charge is 2.19. The molecule has 0 spiro atoms. The van der Waals surface area contributed by atoms with Crippen molar-refractivity contribution in [3.05, 3.63) is 59.2 Å². The molecule has 0 radical (unpaired) electrons. The number of nitriles is 1. The molecule has 148 valence electrons. The number of tetrazole rings is 1. The maximum Gasteiger partial charge on any atom is 0.237 e. The van der Waals surface area contributed by atoms with Gasteiger partial charge >= 0.3 is 0 Å². The number of hydrogen-bond donors (Lipinski definition) is 0. The van der Waals surface area contributed by atoms with Gasteiger partial charge in [-0.3, -0.25) is 4.79 Å². The molecule has 8 heteroatoms. The number of thioether (sulfide) groups is 1. The molecular formula is C21H22N6OS. The number of benzene rings is 2. The Kier molecular flexibility index (Phi) is 6.62. The fraction of sp³-hybridized carbons (Fsp3) is 0.286. The van der Waals surface area contributed by atoms with Crippen LogP contribution in [0.1, 0.15) is 23.1 Å². The van der Waals surface area contributed by atoms with Crippen molar-refractivity contribution in [2.75, 3.05) is 17.2 Å². The number of carbonyl (C=O) groups excluding carboxylic acids is 1.